The van der Waals surface area contributed by atoms with E-state index >= 15 is 0 Å². The summed E-state index contributed by atoms with van der Waals surface area (Å²) >= 11 is 0. The quantitative estimate of drug-likeness (QED) is 0.875. The van der Waals surface area contributed by atoms with Gasteiger partial charge in [-0.15, -0.1) is 0 Å². The molecule has 1 unspecified atom stereocenters. The lowest BCUT2D eigenvalue weighted by Crippen LogP contribution is -2.14. The standard InChI is InChI=1S/C12H15FN4/c1-2-17-8-9(6-16-17)5-11(14)12-4-3-10(13)7-15-12/h3-4,6-8,11H,2,5,14H2,1H3. The van der Waals surface area contributed by atoms with Crippen LogP contribution in [-0.2, 0) is 13.0 Å². The van der Waals surface area contributed by atoms with Crippen molar-refractivity contribution >= 4 is 0 Å². The number of hydrogen-bond acceptors (Lipinski definition) is 3. The normalized spacial score (nSPS) is 12.6. The Labute approximate surface area is 99.3 Å². The highest BCUT2D eigenvalue weighted by Gasteiger charge is 2.09. The predicted octanol–water partition coefficient (Wildman–Crippen LogP) is 1.68. The number of aromatic nitrogens is 3. The Morgan fingerprint density at radius 1 is 1.41 bits per heavy atom. The molecule has 0 aliphatic heterocycles. The Kier molecular flexibility index (Phi) is 3.49. The van der Waals surface area contributed by atoms with Crippen molar-refractivity contribution in [1.29, 1.82) is 0 Å². The molecule has 0 saturated heterocycles. The number of halogens is 1. The monoisotopic (exact) mass is 234 g/mol. The fraction of sp³-hybridized carbons (Fsp3) is 0.333. The van der Waals surface area contributed by atoms with E-state index < -0.39 is 0 Å². The third-order valence-corrected chi connectivity index (χ3v) is 2.60. The fourth-order valence-electron chi connectivity index (χ4n) is 1.65. The summed E-state index contributed by atoms with van der Waals surface area (Å²) in [5.41, 5.74) is 7.76. The second kappa shape index (κ2) is 5.05. The van der Waals surface area contributed by atoms with Crippen LogP contribution in [0.2, 0.25) is 0 Å². The maximum atomic E-state index is 12.7. The minimum Gasteiger partial charge on any atom is -0.322 e. The van der Waals surface area contributed by atoms with Crippen molar-refractivity contribution in [2.75, 3.05) is 0 Å². The Hall–Kier alpha value is -1.75. The van der Waals surface area contributed by atoms with E-state index in [1.807, 2.05) is 17.8 Å². The van der Waals surface area contributed by atoms with Crippen molar-refractivity contribution in [3.05, 3.63) is 47.8 Å². The van der Waals surface area contributed by atoms with E-state index in [1.165, 1.54) is 12.3 Å². The minimum absolute atomic E-state index is 0.231. The van der Waals surface area contributed by atoms with Crippen LogP contribution in [0.5, 0.6) is 0 Å². The summed E-state index contributed by atoms with van der Waals surface area (Å²) in [7, 11) is 0. The summed E-state index contributed by atoms with van der Waals surface area (Å²) < 4.78 is 14.6. The van der Waals surface area contributed by atoms with Crippen LogP contribution in [-0.4, -0.2) is 14.8 Å². The van der Waals surface area contributed by atoms with Crippen molar-refractivity contribution < 1.29 is 4.39 Å². The van der Waals surface area contributed by atoms with Gasteiger partial charge in [0.15, 0.2) is 0 Å². The number of nitrogens with two attached hydrogens (primary N) is 1. The van der Waals surface area contributed by atoms with Crippen LogP contribution in [0.4, 0.5) is 4.39 Å². The van der Waals surface area contributed by atoms with Crippen LogP contribution in [0.15, 0.2) is 30.7 Å². The van der Waals surface area contributed by atoms with Gasteiger partial charge in [-0.05, 0) is 31.0 Å². The number of pyridine rings is 1. The zero-order chi connectivity index (χ0) is 12.3. The first-order valence-corrected chi connectivity index (χ1v) is 5.57. The molecule has 2 aromatic rings. The SMILES string of the molecule is CCn1cc(CC(N)c2ccc(F)cn2)cn1. The lowest BCUT2D eigenvalue weighted by Gasteiger charge is -2.09. The lowest BCUT2D eigenvalue weighted by atomic mass is 10.1. The molecule has 1 atom stereocenters. The summed E-state index contributed by atoms with van der Waals surface area (Å²) in [6.07, 6.45) is 5.60. The van der Waals surface area contributed by atoms with E-state index in [0.29, 0.717) is 12.1 Å². The molecule has 2 rings (SSSR count). The molecule has 0 amide bonds. The number of hydrogen-bond donors (Lipinski definition) is 1. The molecule has 0 fully saturated rings. The number of rotatable bonds is 4. The van der Waals surface area contributed by atoms with E-state index in [9.17, 15) is 4.39 Å². The lowest BCUT2D eigenvalue weighted by molar-refractivity contribution is 0.612. The van der Waals surface area contributed by atoms with Crippen molar-refractivity contribution in [2.24, 2.45) is 5.73 Å². The van der Waals surface area contributed by atoms with Gasteiger partial charge in [0.2, 0.25) is 0 Å². The van der Waals surface area contributed by atoms with Gasteiger partial charge in [0.25, 0.3) is 0 Å². The average molecular weight is 234 g/mol. The highest BCUT2D eigenvalue weighted by Crippen LogP contribution is 2.13. The van der Waals surface area contributed by atoms with Gasteiger partial charge in [-0.1, -0.05) is 0 Å². The summed E-state index contributed by atoms with van der Waals surface area (Å²) in [6, 6.07) is 2.76. The second-order valence-electron chi connectivity index (χ2n) is 3.92. The highest BCUT2D eigenvalue weighted by atomic mass is 19.1. The average Bonchev–Trinajstić information content (AvgIpc) is 2.77. The van der Waals surface area contributed by atoms with Crippen LogP contribution in [0.3, 0.4) is 0 Å². The zero-order valence-corrected chi connectivity index (χ0v) is 9.68. The molecule has 0 radical (unpaired) electrons. The summed E-state index contributed by atoms with van der Waals surface area (Å²) in [5, 5.41) is 4.18. The van der Waals surface area contributed by atoms with E-state index in [-0.39, 0.29) is 11.9 Å². The Bertz CT molecular complexity index is 478. The third-order valence-electron chi connectivity index (χ3n) is 2.60. The molecular formula is C12H15FN4. The van der Waals surface area contributed by atoms with Crippen LogP contribution < -0.4 is 5.73 Å². The molecule has 0 aromatic carbocycles. The molecule has 0 bridgehead atoms. The molecule has 2 heterocycles. The first-order chi connectivity index (χ1) is 8.19. The van der Waals surface area contributed by atoms with Gasteiger partial charge in [-0.3, -0.25) is 9.67 Å². The molecule has 2 N–H and O–H groups in total. The van der Waals surface area contributed by atoms with Crippen molar-refractivity contribution in [3.8, 4) is 0 Å². The predicted molar refractivity (Wildman–Crippen MR) is 62.7 cm³/mol. The molecule has 0 aliphatic carbocycles. The highest BCUT2D eigenvalue weighted by molar-refractivity contribution is 5.14. The van der Waals surface area contributed by atoms with Gasteiger partial charge in [0.1, 0.15) is 5.82 Å². The Balaban J connectivity index is 2.05. The molecule has 0 saturated carbocycles. The molecule has 17 heavy (non-hydrogen) atoms. The van der Waals surface area contributed by atoms with Gasteiger partial charge >= 0.3 is 0 Å². The van der Waals surface area contributed by atoms with E-state index in [4.69, 9.17) is 5.73 Å². The Morgan fingerprint density at radius 3 is 2.82 bits per heavy atom. The van der Waals surface area contributed by atoms with Crippen LogP contribution in [0, 0.1) is 5.82 Å². The maximum Gasteiger partial charge on any atom is 0.141 e. The first-order valence-electron chi connectivity index (χ1n) is 5.57. The molecular weight excluding hydrogens is 219 g/mol. The van der Waals surface area contributed by atoms with Crippen LogP contribution in [0.25, 0.3) is 0 Å². The summed E-state index contributed by atoms with van der Waals surface area (Å²) in [6.45, 7) is 2.86. The molecule has 0 spiro atoms. The molecule has 0 aliphatic rings. The molecule has 4 nitrogen and oxygen atoms in total. The van der Waals surface area contributed by atoms with Gasteiger partial charge in [-0.2, -0.15) is 5.10 Å². The van der Waals surface area contributed by atoms with Gasteiger partial charge in [-0.25, -0.2) is 4.39 Å². The number of nitrogens with zero attached hydrogens (tertiary/aromatic N) is 3. The second-order valence-corrected chi connectivity index (χ2v) is 3.92. The van der Waals surface area contributed by atoms with Crippen molar-refractivity contribution in [3.63, 3.8) is 0 Å². The molecule has 2 aromatic heterocycles. The third kappa shape index (κ3) is 2.88. The molecule has 5 heteroatoms. The maximum absolute atomic E-state index is 12.7. The van der Waals surface area contributed by atoms with Crippen molar-refractivity contribution in [2.45, 2.75) is 25.9 Å². The number of aryl methyl sites for hydroxylation is 1. The van der Waals surface area contributed by atoms with Gasteiger partial charge in [0.05, 0.1) is 24.1 Å². The van der Waals surface area contributed by atoms with Crippen LogP contribution in [0.1, 0.15) is 24.2 Å². The Morgan fingerprint density at radius 2 is 2.24 bits per heavy atom. The van der Waals surface area contributed by atoms with Gasteiger partial charge < -0.3 is 5.73 Å². The summed E-state index contributed by atoms with van der Waals surface area (Å²) in [4.78, 5) is 3.97. The largest absolute Gasteiger partial charge is 0.322 e. The van der Waals surface area contributed by atoms with Crippen molar-refractivity contribution in [1.82, 2.24) is 14.8 Å². The zero-order valence-electron chi connectivity index (χ0n) is 9.68. The smallest absolute Gasteiger partial charge is 0.141 e. The van der Waals surface area contributed by atoms with Crippen LogP contribution >= 0.6 is 0 Å². The van der Waals surface area contributed by atoms with E-state index in [0.717, 1.165) is 12.1 Å². The van der Waals surface area contributed by atoms with Gasteiger partial charge in [0, 0.05) is 12.7 Å². The molecule has 90 valence electrons. The van der Waals surface area contributed by atoms with E-state index in [2.05, 4.69) is 10.1 Å². The minimum atomic E-state index is -0.347. The van der Waals surface area contributed by atoms with E-state index in [1.54, 1.807) is 12.3 Å². The fourth-order valence-corrected chi connectivity index (χ4v) is 1.65. The first kappa shape index (κ1) is 11.7. The summed E-state index contributed by atoms with van der Waals surface area (Å²) in [5.74, 6) is -0.347. The topological polar surface area (TPSA) is 56.7 Å².